The van der Waals surface area contributed by atoms with E-state index in [9.17, 15) is 0 Å². The molecule has 53 heavy (non-hydrogen) atoms. The minimum atomic E-state index is -3.07. The summed E-state index contributed by atoms with van der Waals surface area (Å²) in [5.41, 5.74) is 11.4. The summed E-state index contributed by atoms with van der Waals surface area (Å²) in [5, 5.41) is 0. The van der Waals surface area contributed by atoms with Crippen molar-refractivity contribution in [1.29, 1.82) is 0 Å². The number of aryl methyl sites for hydroxylation is 2. The van der Waals surface area contributed by atoms with E-state index in [1.165, 1.54) is 5.56 Å². The van der Waals surface area contributed by atoms with Gasteiger partial charge in [-0.3, -0.25) is 4.99 Å². The lowest BCUT2D eigenvalue weighted by molar-refractivity contribution is 0.0713. The van der Waals surface area contributed by atoms with Crippen LogP contribution in [0.1, 0.15) is 103 Å². The molecule has 13 heteroatoms. The highest BCUT2D eigenvalue weighted by molar-refractivity contribution is 6.67. The number of nitrogens with zero attached hydrogens (tertiary/aromatic N) is 1. The van der Waals surface area contributed by atoms with E-state index >= 15 is 0 Å². The first-order valence-corrected chi connectivity index (χ1v) is 25.0. The number of aliphatic imine (C=N–C) groups is 1. The fourth-order valence-electron chi connectivity index (χ4n) is 6.27. The Bertz CT molecular complexity index is 1330. The molecule has 0 unspecified atom stereocenters. The van der Waals surface area contributed by atoms with E-state index in [1.807, 2.05) is 79.8 Å². The van der Waals surface area contributed by atoms with Crippen molar-refractivity contribution in [3.63, 3.8) is 0 Å². The molecule has 0 spiro atoms. The van der Waals surface area contributed by atoms with Gasteiger partial charge in [-0.25, -0.2) is 0 Å². The topological polar surface area (TPSA) is 95.4 Å². The molecule has 0 aliphatic heterocycles. The zero-order valence-corrected chi connectivity index (χ0v) is 37.4. The zero-order chi connectivity index (χ0) is 39.2. The third kappa shape index (κ3) is 14.5. The molecule has 0 fully saturated rings. The quantitative estimate of drug-likeness (QED) is 0.0620. The maximum atomic E-state index is 6.18. The second-order valence-corrected chi connectivity index (χ2v) is 19.4. The Morgan fingerprint density at radius 3 is 1.36 bits per heavy atom. The molecule has 0 saturated carbocycles. The van der Waals surface area contributed by atoms with Crippen LogP contribution in [0.5, 0.6) is 0 Å². The van der Waals surface area contributed by atoms with Crippen molar-refractivity contribution < 1.29 is 39.8 Å². The summed E-state index contributed by atoms with van der Waals surface area (Å²) in [6.07, 6.45) is 4.87. The predicted molar refractivity (Wildman–Crippen MR) is 222 cm³/mol. The van der Waals surface area contributed by atoms with Crippen LogP contribution >= 0.6 is 0 Å². The molecule has 0 N–H and O–H groups in total. The SMILES string of the molecule is CCO[Si](/C=C/c1cccc(/C=C/[Si](OCC)(OCC)OCC)c1CN=C(C)c1c(C)cccc1CC[Si](OCC)(OCC)OCC)(OCC)OCC. The van der Waals surface area contributed by atoms with Gasteiger partial charge < -0.3 is 39.8 Å². The third-order valence-corrected chi connectivity index (χ3v) is 16.6. The average molecular weight is 790 g/mol. The molecule has 2 aromatic rings. The molecule has 0 bridgehead atoms. The van der Waals surface area contributed by atoms with Crippen LogP contribution in [0.3, 0.4) is 0 Å². The molecule has 0 heterocycles. The number of hydrogen-bond donors (Lipinski definition) is 0. The third-order valence-electron chi connectivity index (χ3n) is 8.24. The average Bonchev–Trinajstić information content (AvgIpc) is 3.12. The molecule has 0 aliphatic rings. The second-order valence-electron chi connectivity index (χ2n) is 11.9. The lowest BCUT2D eigenvalue weighted by Crippen LogP contribution is -2.46. The molecular formula is C40H67NO9Si3. The van der Waals surface area contributed by atoms with Crippen LogP contribution in [0, 0.1) is 6.92 Å². The highest BCUT2D eigenvalue weighted by atomic mass is 28.4. The largest absolute Gasteiger partial charge is 0.529 e. The second kappa shape index (κ2) is 25.1. The first-order valence-electron chi connectivity index (χ1n) is 19.5. The van der Waals surface area contributed by atoms with Gasteiger partial charge in [0.1, 0.15) is 0 Å². The Morgan fingerprint density at radius 2 is 0.962 bits per heavy atom. The van der Waals surface area contributed by atoms with Crippen molar-refractivity contribution in [3.05, 3.63) is 81.2 Å². The van der Waals surface area contributed by atoms with E-state index in [-0.39, 0.29) is 0 Å². The summed E-state index contributed by atoms with van der Waals surface area (Å²) < 4.78 is 55.4. The van der Waals surface area contributed by atoms with Crippen LogP contribution < -0.4 is 0 Å². The lowest BCUT2D eigenvalue weighted by atomic mass is 9.96. The predicted octanol–water partition coefficient (Wildman–Crippen LogP) is 8.80. The van der Waals surface area contributed by atoms with Gasteiger partial charge in [-0.05, 0) is 122 Å². The molecule has 0 atom stereocenters. The Morgan fingerprint density at radius 1 is 0.566 bits per heavy atom. The molecule has 0 radical (unpaired) electrons. The van der Waals surface area contributed by atoms with E-state index in [0.717, 1.165) is 39.9 Å². The Hall–Kier alpha value is -2.12. The molecule has 0 amide bonds. The van der Waals surface area contributed by atoms with Crippen molar-refractivity contribution in [2.75, 3.05) is 59.5 Å². The van der Waals surface area contributed by atoms with Gasteiger partial charge in [0.05, 0.1) is 6.54 Å². The maximum Gasteiger partial charge on any atom is 0.529 e. The van der Waals surface area contributed by atoms with Gasteiger partial charge in [-0.2, -0.15) is 0 Å². The normalized spacial score (nSPS) is 13.2. The number of rotatable bonds is 28. The van der Waals surface area contributed by atoms with E-state index in [4.69, 9.17) is 44.8 Å². The fourth-order valence-corrected chi connectivity index (χ4v) is 13.1. The van der Waals surface area contributed by atoms with E-state index in [2.05, 4.69) is 56.3 Å². The van der Waals surface area contributed by atoms with E-state index in [0.29, 0.717) is 72.1 Å². The lowest BCUT2D eigenvalue weighted by Gasteiger charge is -2.28. The first kappa shape index (κ1) is 47.0. The summed E-state index contributed by atoms with van der Waals surface area (Å²) >= 11 is 0. The minimum absolute atomic E-state index is 0.425. The van der Waals surface area contributed by atoms with Crippen LogP contribution in [0.2, 0.25) is 6.04 Å². The van der Waals surface area contributed by atoms with Crippen LogP contribution in [-0.2, 0) is 52.8 Å². The molecule has 10 nitrogen and oxygen atoms in total. The van der Waals surface area contributed by atoms with Gasteiger partial charge in [-0.1, -0.05) is 48.6 Å². The Balaban J connectivity index is 2.72. The van der Waals surface area contributed by atoms with Gasteiger partial charge >= 0.3 is 26.4 Å². The van der Waals surface area contributed by atoms with Gasteiger partial charge in [-0.15, -0.1) is 0 Å². The highest BCUT2D eigenvalue weighted by Gasteiger charge is 2.41. The monoisotopic (exact) mass is 789 g/mol. The summed E-state index contributed by atoms with van der Waals surface area (Å²) in [4.78, 5) is 5.27. The molecular weight excluding hydrogens is 723 g/mol. The Labute approximate surface area is 323 Å². The maximum absolute atomic E-state index is 6.18. The Kier molecular flexibility index (Phi) is 22.3. The summed E-state index contributed by atoms with van der Waals surface area (Å²) in [7, 11) is -8.97. The first-order chi connectivity index (χ1) is 25.6. The molecule has 0 aromatic heterocycles. The van der Waals surface area contributed by atoms with Gasteiger partial charge in [0.2, 0.25) is 0 Å². The molecule has 0 saturated heterocycles. The highest BCUT2D eigenvalue weighted by Crippen LogP contribution is 2.26. The van der Waals surface area contributed by atoms with Crippen LogP contribution in [0.4, 0.5) is 0 Å². The van der Waals surface area contributed by atoms with Crippen LogP contribution in [-0.4, -0.2) is 91.6 Å². The zero-order valence-electron chi connectivity index (χ0n) is 34.4. The van der Waals surface area contributed by atoms with Gasteiger partial charge in [0.15, 0.2) is 0 Å². The molecule has 2 aromatic carbocycles. The number of hydrogen-bond acceptors (Lipinski definition) is 10. The van der Waals surface area contributed by atoms with Crippen LogP contribution in [0.15, 0.2) is 52.8 Å². The van der Waals surface area contributed by atoms with E-state index < -0.39 is 26.4 Å². The van der Waals surface area contributed by atoms with Gasteiger partial charge in [0, 0.05) is 76.8 Å². The summed E-state index contributed by atoms with van der Waals surface area (Å²) in [5.74, 6) is 0. The smallest absolute Gasteiger partial charge is 0.374 e. The van der Waals surface area contributed by atoms with Crippen LogP contribution in [0.25, 0.3) is 12.2 Å². The summed E-state index contributed by atoms with van der Waals surface area (Å²) in [6, 6.07) is 13.3. The van der Waals surface area contributed by atoms with E-state index in [1.54, 1.807) is 0 Å². The molecule has 2 rings (SSSR count). The molecule has 298 valence electrons. The number of benzene rings is 2. The van der Waals surface area contributed by atoms with Crippen molar-refractivity contribution >= 4 is 44.3 Å². The van der Waals surface area contributed by atoms with Crippen molar-refractivity contribution in [3.8, 4) is 0 Å². The molecule has 0 aliphatic carbocycles. The minimum Gasteiger partial charge on any atom is -0.374 e. The van der Waals surface area contributed by atoms with Crippen molar-refractivity contribution in [1.82, 2.24) is 0 Å². The van der Waals surface area contributed by atoms with Crippen molar-refractivity contribution in [2.45, 2.75) is 95.2 Å². The fraction of sp³-hybridized carbons (Fsp3) is 0.575. The summed E-state index contributed by atoms with van der Waals surface area (Å²) in [6.45, 7) is 26.9. The standard InChI is InChI=1S/C40H67NO9Si3/c1-12-42-51(43-13-2,44-14-3)30-27-36-24-22-25-37(28-31-52(45-15-4,46-16-5)47-17-6)39(36)33-41-35(11)40-34(10)23-21-26-38(40)29-32-53(48-18-7,49-19-8)50-20-9/h21-28,30-31H,12-20,29,32-33H2,1-11H3/b30-27+,31-28+,41-35?. The van der Waals surface area contributed by atoms with Gasteiger partial charge in [0.25, 0.3) is 0 Å². The van der Waals surface area contributed by atoms with Crippen molar-refractivity contribution in [2.24, 2.45) is 4.99 Å².